The van der Waals surface area contributed by atoms with Crippen molar-refractivity contribution in [3.63, 3.8) is 0 Å². The molecule has 0 aliphatic carbocycles. The van der Waals surface area contributed by atoms with Crippen molar-refractivity contribution in [2.45, 2.75) is 55.7 Å². The first kappa shape index (κ1) is 20.2. The van der Waals surface area contributed by atoms with E-state index < -0.39 is 11.6 Å². The average molecular weight is 431 g/mol. The molecule has 2 fully saturated rings. The molecule has 2 aliphatic heterocycles. The minimum atomic E-state index is -1.07. The summed E-state index contributed by atoms with van der Waals surface area (Å²) in [5.74, 6) is -2.16. The van der Waals surface area contributed by atoms with E-state index in [-0.39, 0.29) is 50.8 Å². The van der Waals surface area contributed by atoms with Crippen LogP contribution in [0.3, 0.4) is 0 Å². The summed E-state index contributed by atoms with van der Waals surface area (Å²) < 4.78 is 31.5. The van der Waals surface area contributed by atoms with Crippen LogP contribution < -0.4 is 4.46 Å². The van der Waals surface area contributed by atoms with E-state index in [9.17, 15) is 5.11 Å². The van der Waals surface area contributed by atoms with Crippen molar-refractivity contribution < 1.29 is 28.8 Å². The Labute approximate surface area is 161 Å². The number of rotatable bonds is 5. The standard InChI is InChI=1S/C19H28O6Se/c1-12-14(11-20)23-17(26-13-9-7-6-8-10-13)16-15(12)24-18(2,21-4)19(3,22-5)25-16/h6-10,12,14-17,20H,11H2,1-5H3. The Morgan fingerprint density at radius 2 is 1.62 bits per heavy atom. The summed E-state index contributed by atoms with van der Waals surface area (Å²) in [6.07, 6.45) is -0.866. The molecule has 2 aliphatic rings. The number of aliphatic hydroxyl groups excluding tert-OH is 1. The first-order valence-corrected chi connectivity index (χ1v) is 10.7. The van der Waals surface area contributed by atoms with E-state index in [0.29, 0.717) is 0 Å². The molecule has 0 bridgehead atoms. The van der Waals surface area contributed by atoms with Crippen LogP contribution in [0, 0.1) is 5.92 Å². The monoisotopic (exact) mass is 432 g/mol. The molecule has 3 rings (SSSR count). The van der Waals surface area contributed by atoms with Gasteiger partial charge >= 0.3 is 161 Å². The van der Waals surface area contributed by atoms with E-state index in [1.807, 2.05) is 39.0 Å². The molecule has 2 saturated heterocycles. The Bertz CT molecular complexity index is 601. The van der Waals surface area contributed by atoms with Gasteiger partial charge < -0.3 is 0 Å². The second kappa shape index (κ2) is 7.86. The zero-order valence-electron chi connectivity index (χ0n) is 15.9. The Hall–Kier alpha value is -0.501. The van der Waals surface area contributed by atoms with Crippen molar-refractivity contribution in [3.05, 3.63) is 30.3 Å². The molecule has 7 atom stereocenters. The number of hydrogen-bond donors (Lipinski definition) is 1. The predicted octanol–water partition coefficient (Wildman–Crippen LogP) is 0.879. The molecule has 1 aromatic carbocycles. The van der Waals surface area contributed by atoms with Gasteiger partial charge in [-0.3, -0.25) is 0 Å². The van der Waals surface area contributed by atoms with Crippen LogP contribution in [0.15, 0.2) is 30.3 Å². The second-order valence-corrected chi connectivity index (χ2v) is 9.44. The quantitative estimate of drug-likeness (QED) is 0.699. The van der Waals surface area contributed by atoms with Gasteiger partial charge in [-0.1, -0.05) is 0 Å². The number of aliphatic hydroxyl groups is 1. The third-order valence-corrected chi connectivity index (χ3v) is 7.93. The summed E-state index contributed by atoms with van der Waals surface area (Å²) in [4.78, 5) is 0. The SMILES string of the molecule is COC1(C)OC2C([Se]c3ccccc3)OC(CO)C(C)C2OC1(C)OC. The molecular weight excluding hydrogens is 403 g/mol. The number of fused-ring (bicyclic) bond motifs is 1. The zero-order chi connectivity index (χ0) is 18.9. The molecule has 1 aromatic rings. The third-order valence-electron chi connectivity index (χ3n) is 5.51. The molecular formula is C19H28O6Se. The van der Waals surface area contributed by atoms with Gasteiger partial charge in [0.1, 0.15) is 0 Å². The summed E-state index contributed by atoms with van der Waals surface area (Å²) in [6, 6.07) is 10.2. The zero-order valence-corrected chi connectivity index (χ0v) is 17.6. The van der Waals surface area contributed by atoms with Gasteiger partial charge in [-0.25, -0.2) is 0 Å². The fourth-order valence-electron chi connectivity index (χ4n) is 3.47. The number of ether oxygens (including phenoxy) is 5. The number of methoxy groups -OCH3 is 2. The molecule has 0 amide bonds. The average Bonchev–Trinajstić information content (AvgIpc) is 2.66. The molecule has 7 unspecified atom stereocenters. The Kier molecular flexibility index (Phi) is 6.12. The van der Waals surface area contributed by atoms with E-state index in [4.69, 9.17) is 23.7 Å². The van der Waals surface area contributed by atoms with Crippen LogP contribution in [0.5, 0.6) is 0 Å². The van der Waals surface area contributed by atoms with Crippen LogP contribution in [0.2, 0.25) is 0 Å². The molecule has 146 valence electrons. The topological polar surface area (TPSA) is 66.4 Å². The van der Waals surface area contributed by atoms with Crippen molar-refractivity contribution in [2.24, 2.45) is 5.92 Å². The van der Waals surface area contributed by atoms with Crippen LogP contribution in [-0.4, -0.2) is 75.8 Å². The van der Waals surface area contributed by atoms with Gasteiger partial charge in [0.05, 0.1) is 0 Å². The van der Waals surface area contributed by atoms with Gasteiger partial charge in [0.15, 0.2) is 0 Å². The van der Waals surface area contributed by atoms with Gasteiger partial charge in [-0.05, 0) is 0 Å². The molecule has 0 spiro atoms. The number of benzene rings is 1. The maximum atomic E-state index is 9.80. The van der Waals surface area contributed by atoms with Crippen molar-refractivity contribution in [1.29, 1.82) is 0 Å². The van der Waals surface area contributed by atoms with Crippen LogP contribution >= 0.6 is 0 Å². The van der Waals surface area contributed by atoms with Gasteiger partial charge in [-0.2, -0.15) is 0 Å². The summed E-state index contributed by atoms with van der Waals surface area (Å²) in [7, 11) is 3.17. The van der Waals surface area contributed by atoms with Crippen molar-refractivity contribution in [2.75, 3.05) is 20.8 Å². The second-order valence-electron chi connectivity index (χ2n) is 6.98. The Balaban J connectivity index is 1.92. The van der Waals surface area contributed by atoms with E-state index in [0.717, 1.165) is 0 Å². The minimum absolute atomic E-state index is 0.00341. The van der Waals surface area contributed by atoms with Crippen molar-refractivity contribution >= 4 is 19.4 Å². The first-order chi connectivity index (χ1) is 12.4. The van der Waals surface area contributed by atoms with Crippen molar-refractivity contribution in [3.8, 4) is 0 Å². The molecule has 2 heterocycles. The normalized spacial score (nSPS) is 43.1. The van der Waals surface area contributed by atoms with E-state index in [1.165, 1.54) is 4.46 Å². The molecule has 26 heavy (non-hydrogen) atoms. The van der Waals surface area contributed by atoms with E-state index in [1.54, 1.807) is 14.2 Å². The maximum absolute atomic E-state index is 9.80. The van der Waals surface area contributed by atoms with Crippen LogP contribution in [-0.2, 0) is 23.7 Å². The molecule has 0 radical (unpaired) electrons. The van der Waals surface area contributed by atoms with Gasteiger partial charge in [0.2, 0.25) is 0 Å². The Morgan fingerprint density at radius 1 is 1.04 bits per heavy atom. The molecule has 0 aromatic heterocycles. The predicted molar refractivity (Wildman–Crippen MR) is 97.3 cm³/mol. The fraction of sp³-hybridized carbons (Fsp3) is 0.684. The summed E-state index contributed by atoms with van der Waals surface area (Å²) in [5.41, 5.74) is 0. The van der Waals surface area contributed by atoms with Gasteiger partial charge in [-0.15, -0.1) is 0 Å². The molecule has 7 heteroatoms. The van der Waals surface area contributed by atoms with E-state index in [2.05, 4.69) is 12.1 Å². The summed E-state index contributed by atoms with van der Waals surface area (Å²) >= 11 is -0.00341. The van der Waals surface area contributed by atoms with Gasteiger partial charge in [0.25, 0.3) is 0 Å². The third kappa shape index (κ3) is 3.48. The first-order valence-electron chi connectivity index (χ1n) is 8.81. The molecule has 1 N–H and O–H groups in total. The number of hydrogen-bond acceptors (Lipinski definition) is 6. The van der Waals surface area contributed by atoms with Crippen molar-refractivity contribution in [1.82, 2.24) is 0 Å². The van der Waals surface area contributed by atoms with Crippen LogP contribution in [0.4, 0.5) is 0 Å². The van der Waals surface area contributed by atoms with Gasteiger partial charge in [0, 0.05) is 0 Å². The molecule has 6 nitrogen and oxygen atoms in total. The van der Waals surface area contributed by atoms with Crippen LogP contribution in [0.1, 0.15) is 20.8 Å². The summed E-state index contributed by atoms with van der Waals surface area (Å²) in [5, 5.41) is 9.61. The Morgan fingerprint density at radius 3 is 2.15 bits per heavy atom. The van der Waals surface area contributed by atoms with E-state index >= 15 is 0 Å². The fourth-order valence-corrected chi connectivity index (χ4v) is 5.84. The summed E-state index contributed by atoms with van der Waals surface area (Å²) in [6.45, 7) is 5.60. The molecule has 0 saturated carbocycles. The van der Waals surface area contributed by atoms with Crippen LogP contribution in [0.25, 0.3) is 0 Å².